The Morgan fingerprint density at radius 3 is 2.78 bits per heavy atom. The molecule has 0 heterocycles. The largest absolute Gasteiger partial charge is 0.398 e. The topological polar surface area (TPSA) is 55.1 Å². The van der Waals surface area contributed by atoms with E-state index in [0.29, 0.717) is 22.8 Å². The monoisotopic (exact) mass is 266 g/mol. The number of nitrogen functional groups attached to an aromatic ring is 1. The van der Waals surface area contributed by atoms with Crippen molar-refractivity contribution in [2.75, 3.05) is 12.3 Å². The number of anilines is 1. The van der Waals surface area contributed by atoms with Crippen LogP contribution in [-0.4, -0.2) is 12.5 Å². The van der Waals surface area contributed by atoms with Gasteiger partial charge in [-0.05, 0) is 36.5 Å². The molecule has 4 heteroatoms. The van der Waals surface area contributed by atoms with Gasteiger partial charge in [-0.2, -0.15) is 0 Å². The van der Waals surface area contributed by atoms with E-state index in [-0.39, 0.29) is 11.3 Å². The fourth-order valence-corrected chi connectivity index (χ4v) is 2.69. The van der Waals surface area contributed by atoms with Gasteiger partial charge in [-0.15, -0.1) is 0 Å². The molecule has 0 aromatic heterocycles. The molecule has 1 aliphatic carbocycles. The number of carbonyl (C=O) groups is 1. The zero-order valence-electron chi connectivity index (χ0n) is 10.6. The molecule has 0 bridgehead atoms. The van der Waals surface area contributed by atoms with Gasteiger partial charge in [0.1, 0.15) is 0 Å². The minimum absolute atomic E-state index is 0.136. The van der Waals surface area contributed by atoms with Crippen molar-refractivity contribution in [2.24, 2.45) is 5.41 Å². The van der Waals surface area contributed by atoms with E-state index >= 15 is 0 Å². The number of nitrogens with two attached hydrogens (primary N) is 1. The summed E-state index contributed by atoms with van der Waals surface area (Å²) in [7, 11) is 0. The molecule has 1 aromatic carbocycles. The number of hydrogen-bond acceptors (Lipinski definition) is 2. The number of nitrogens with one attached hydrogen (secondary N) is 1. The highest BCUT2D eigenvalue weighted by Crippen LogP contribution is 2.36. The second kappa shape index (κ2) is 5.19. The Bertz CT molecular complexity index is 453. The third kappa shape index (κ3) is 2.96. The molecule has 3 N–H and O–H groups in total. The lowest BCUT2D eigenvalue weighted by Crippen LogP contribution is -2.34. The zero-order valence-corrected chi connectivity index (χ0v) is 11.4. The standard InChI is InChI=1S/C14H19ClN2O/c1-14(6-2-3-7-14)9-17-13(18)11-8-10(15)4-5-12(11)16/h4-5,8H,2-3,6-7,9,16H2,1H3,(H,17,18). The summed E-state index contributed by atoms with van der Waals surface area (Å²) in [6, 6.07) is 4.96. The Kier molecular flexibility index (Phi) is 3.81. The lowest BCUT2D eigenvalue weighted by molar-refractivity contribution is 0.0935. The first kappa shape index (κ1) is 13.2. The van der Waals surface area contributed by atoms with Gasteiger partial charge in [-0.25, -0.2) is 0 Å². The lowest BCUT2D eigenvalue weighted by atomic mass is 9.89. The molecule has 0 unspecified atom stereocenters. The van der Waals surface area contributed by atoms with Crippen LogP contribution in [0.4, 0.5) is 5.69 Å². The molecule has 1 aliphatic rings. The average molecular weight is 267 g/mol. The fourth-order valence-electron chi connectivity index (χ4n) is 2.52. The van der Waals surface area contributed by atoms with Crippen LogP contribution in [0, 0.1) is 5.41 Å². The summed E-state index contributed by atoms with van der Waals surface area (Å²) in [6.07, 6.45) is 4.87. The van der Waals surface area contributed by atoms with Crippen LogP contribution in [0.3, 0.4) is 0 Å². The molecular formula is C14H19ClN2O. The van der Waals surface area contributed by atoms with E-state index in [1.165, 1.54) is 25.7 Å². The Morgan fingerprint density at radius 2 is 2.11 bits per heavy atom. The summed E-state index contributed by atoms with van der Waals surface area (Å²) in [6.45, 7) is 2.93. The van der Waals surface area contributed by atoms with E-state index in [0.717, 1.165) is 0 Å². The number of halogens is 1. The van der Waals surface area contributed by atoms with Gasteiger partial charge in [0.15, 0.2) is 0 Å². The van der Waals surface area contributed by atoms with Crippen LogP contribution in [0.15, 0.2) is 18.2 Å². The molecule has 1 amide bonds. The Hall–Kier alpha value is -1.22. The van der Waals surface area contributed by atoms with E-state index in [1.807, 2.05) is 0 Å². The molecular weight excluding hydrogens is 248 g/mol. The smallest absolute Gasteiger partial charge is 0.253 e. The van der Waals surface area contributed by atoms with Gasteiger partial charge < -0.3 is 11.1 Å². The number of rotatable bonds is 3. The van der Waals surface area contributed by atoms with Crippen molar-refractivity contribution in [1.29, 1.82) is 0 Å². The molecule has 1 saturated carbocycles. The van der Waals surface area contributed by atoms with Gasteiger partial charge in [0.25, 0.3) is 5.91 Å². The molecule has 0 spiro atoms. The molecule has 1 aromatic rings. The first-order chi connectivity index (χ1) is 8.50. The third-order valence-corrected chi connectivity index (χ3v) is 3.98. The lowest BCUT2D eigenvalue weighted by Gasteiger charge is -2.23. The number of hydrogen-bond donors (Lipinski definition) is 2. The van der Waals surface area contributed by atoms with Crippen molar-refractivity contribution in [3.8, 4) is 0 Å². The summed E-state index contributed by atoms with van der Waals surface area (Å²) in [4.78, 5) is 12.1. The van der Waals surface area contributed by atoms with Crippen LogP contribution in [0.25, 0.3) is 0 Å². The Balaban J connectivity index is 2.01. The van der Waals surface area contributed by atoms with Crippen LogP contribution in [0.1, 0.15) is 43.0 Å². The summed E-state index contributed by atoms with van der Waals surface area (Å²) in [5.41, 5.74) is 6.95. The maximum absolute atomic E-state index is 12.1. The maximum atomic E-state index is 12.1. The summed E-state index contributed by atoms with van der Waals surface area (Å²) in [5.74, 6) is -0.136. The van der Waals surface area contributed by atoms with Gasteiger partial charge in [0.2, 0.25) is 0 Å². The third-order valence-electron chi connectivity index (χ3n) is 3.75. The molecule has 18 heavy (non-hydrogen) atoms. The highest BCUT2D eigenvalue weighted by molar-refractivity contribution is 6.31. The van der Waals surface area contributed by atoms with E-state index in [4.69, 9.17) is 17.3 Å². The number of carbonyl (C=O) groups excluding carboxylic acids is 1. The Labute approximate surface area is 113 Å². The van der Waals surface area contributed by atoms with Gasteiger partial charge >= 0.3 is 0 Å². The highest BCUT2D eigenvalue weighted by atomic mass is 35.5. The molecule has 0 aliphatic heterocycles. The first-order valence-electron chi connectivity index (χ1n) is 6.33. The molecule has 2 rings (SSSR count). The van der Waals surface area contributed by atoms with Crippen molar-refractivity contribution >= 4 is 23.2 Å². The molecule has 98 valence electrons. The zero-order chi connectivity index (χ0) is 13.2. The normalized spacial score (nSPS) is 17.7. The highest BCUT2D eigenvalue weighted by Gasteiger charge is 2.29. The van der Waals surface area contributed by atoms with Gasteiger partial charge in [-0.1, -0.05) is 31.4 Å². The molecule has 3 nitrogen and oxygen atoms in total. The predicted molar refractivity (Wildman–Crippen MR) is 74.8 cm³/mol. The second-order valence-electron chi connectivity index (χ2n) is 5.43. The number of amides is 1. The fraction of sp³-hybridized carbons (Fsp3) is 0.500. The van der Waals surface area contributed by atoms with Crippen molar-refractivity contribution < 1.29 is 4.79 Å². The van der Waals surface area contributed by atoms with E-state index in [9.17, 15) is 4.79 Å². The summed E-state index contributed by atoms with van der Waals surface area (Å²) < 4.78 is 0. The SMILES string of the molecule is CC1(CNC(=O)c2cc(Cl)ccc2N)CCCC1. The average Bonchev–Trinajstić information content (AvgIpc) is 2.77. The maximum Gasteiger partial charge on any atom is 0.253 e. The molecule has 1 fully saturated rings. The molecule has 0 saturated heterocycles. The van der Waals surface area contributed by atoms with Crippen LogP contribution in [-0.2, 0) is 0 Å². The van der Waals surface area contributed by atoms with Crippen LogP contribution >= 0.6 is 11.6 Å². The van der Waals surface area contributed by atoms with E-state index in [2.05, 4.69) is 12.2 Å². The van der Waals surface area contributed by atoms with Crippen molar-refractivity contribution in [2.45, 2.75) is 32.6 Å². The van der Waals surface area contributed by atoms with Gasteiger partial charge in [0.05, 0.1) is 5.56 Å². The van der Waals surface area contributed by atoms with Crippen LogP contribution in [0.5, 0.6) is 0 Å². The van der Waals surface area contributed by atoms with E-state index in [1.54, 1.807) is 18.2 Å². The van der Waals surface area contributed by atoms with Crippen LogP contribution in [0.2, 0.25) is 5.02 Å². The summed E-state index contributed by atoms with van der Waals surface area (Å²) >= 11 is 5.88. The second-order valence-corrected chi connectivity index (χ2v) is 5.87. The number of benzene rings is 1. The molecule has 0 atom stereocenters. The predicted octanol–water partition coefficient (Wildman–Crippen LogP) is 3.23. The Morgan fingerprint density at radius 1 is 1.44 bits per heavy atom. The summed E-state index contributed by atoms with van der Waals surface area (Å²) in [5, 5.41) is 3.50. The van der Waals surface area contributed by atoms with Crippen molar-refractivity contribution in [3.05, 3.63) is 28.8 Å². The van der Waals surface area contributed by atoms with E-state index < -0.39 is 0 Å². The van der Waals surface area contributed by atoms with Crippen molar-refractivity contribution in [3.63, 3.8) is 0 Å². The minimum Gasteiger partial charge on any atom is -0.398 e. The van der Waals surface area contributed by atoms with Crippen molar-refractivity contribution in [1.82, 2.24) is 5.32 Å². The first-order valence-corrected chi connectivity index (χ1v) is 6.71. The quantitative estimate of drug-likeness (QED) is 0.826. The van der Waals surface area contributed by atoms with Gasteiger partial charge in [0, 0.05) is 17.3 Å². The van der Waals surface area contributed by atoms with Crippen LogP contribution < -0.4 is 11.1 Å². The molecule has 0 radical (unpaired) electrons. The van der Waals surface area contributed by atoms with Gasteiger partial charge in [-0.3, -0.25) is 4.79 Å². The minimum atomic E-state index is -0.136.